The zero-order chi connectivity index (χ0) is 22.4. The van der Waals surface area contributed by atoms with Gasteiger partial charge in [-0.15, -0.1) is 10.2 Å². The highest BCUT2D eigenvalue weighted by molar-refractivity contribution is 6.30. The first-order valence-corrected chi connectivity index (χ1v) is 10.7. The maximum atomic E-state index is 13.2. The fraction of sp³-hybridized carbons (Fsp3) is 0.217. The molecule has 0 bridgehead atoms. The molecule has 3 heterocycles. The van der Waals surface area contributed by atoms with Crippen LogP contribution in [0.4, 0.5) is 0 Å². The van der Waals surface area contributed by atoms with Crippen LogP contribution in [0.15, 0.2) is 64.2 Å². The van der Waals surface area contributed by atoms with Crippen LogP contribution in [0, 0.1) is 0 Å². The zero-order valence-electron chi connectivity index (χ0n) is 17.7. The fourth-order valence-corrected chi connectivity index (χ4v) is 4.26. The second-order valence-electron chi connectivity index (χ2n) is 7.78. The van der Waals surface area contributed by atoms with Gasteiger partial charge in [-0.05, 0) is 42.7 Å². The van der Waals surface area contributed by atoms with Gasteiger partial charge in [-0.3, -0.25) is 13.9 Å². The average molecular weight is 449 g/mol. The Bertz CT molecular complexity index is 1560. The van der Waals surface area contributed by atoms with Crippen molar-refractivity contribution in [1.29, 1.82) is 0 Å². The molecule has 5 rings (SSSR count). The summed E-state index contributed by atoms with van der Waals surface area (Å²) in [4.78, 5) is 25.9. The molecular formula is C23H21ClN6O2. The summed E-state index contributed by atoms with van der Waals surface area (Å²) in [5.74, 6) is 1.07. The van der Waals surface area contributed by atoms with E-state index in [4.69, 9.17) is 11.6 Å². The van der Waals surface area contributed by atoms with Crippen LogP contribution in [0.1, 0.15) is 12.0 Å². The minimum absolute atomic E-state index is 0.352. The molecule has 0 N–H and O–H groups in total. The molecule has 0 fully saturated rings. The van der Waals surface area contributed by atoms with Crippen molar-refractivity contribution in [2.75, 3.05) is 0 Å². The molecule has 9 heteroatoms. The van der Waals surface area contributed by atoms with Crippen LogP contribution in [0.5, 0.6) is 0 Å². The lowest BCUT2D eigenvalue weighted by Crippen LogP contribution is -2.37. The number of aromatic nitrogens is 6. The van der Waals surface area contributed by atoms with Crippen LogP contribution in [0.25, 0.3) is 28.3 Å². The minimum atomic E-state index is -0.401. The second-order valence-corrected chi connectivity index (χ2v) is 8.22. The van der Waals surface area contributed by atoms with Gasteiger partial charge in [0.05, 0.1) is 0 Å². The standard InChI is InChI=1S/C23H21ClN6O2/c1-27-20-18(21(31)28(2)23(27)32)29(14-6-9-15-7-4-3-5-8-15)22-26-25-19(30(20)22)16-10-12-17(24)13-11-16/h3-5,7-8,10-13H,6,9,14H2,1-2H3. The third kappa shape index (κ3) is 3.15. The summed E-state index contributed by atoms with van der Waals surface area (Å²) < 4.78 is 6.25. The van der Waals surface area contributed by atoms with Gasteiger partial charge in [0.15, 0.2) is 17.0 Å². The number of hydrogen-bond acceptors (Lipinski definition) is 4. The van der Waals surface area contributed by atoms with Gasteiger partial charge in [0.25, 0.3) is 5.56 Å². The van der Waals surface area contributed by atoms with E-state index in [0.29, 0.717) is 34.3 Å². The van der Waals surface area contributed by atoms with Gasteiger partial charge in [0.1, 0.15) is 0 Å². The Kier molecular flexibility index (Phi) is 4.94. The highest BCUT2D eigenvalue weighted by Gasteiger charge is 2.23. The SMILES string of the molecule is Cn1c(=O)c2c(n(C)c1=O)n1c(-c3ccc(Cl)cc3)nnc1n2CCCc1ccccc1. The van der Waals surface area contributed by atoms with Gasteiger partial charge < -0.3 is 4.57 Å². The van der Waals surface area contributed by atoms with Crippen LogP contribution in [0.2, 0.25) is 5.02 Å². The van der Waals surface area contributed by atoms with Crippen molar-refractivity contribution in [3.05, 3.63) is 86.0 Å². The normalized spacial score (nSPS) is 11.6. The van der Waals surface area contributed by atoms with Gasteiger partial charge in [-0.1, -0.05) is 41.9 Å². The number of nitrogens with zero attached hydrogens (tertiary/aromatic N) is 6. The average Bonchev–Trinajstić information content (AvgIpc) is 3.36. The predicted molar refractivity (Wildman–Crippen MR) is 124 cm³/mol. The summed E-state index contributed by atoms with van der Waals surface area (Å²) in [5, 5.41) is 9.39. The molecule has 0 radical (unpaired) electrons. The van der Waals surface area contributed by atoms with Gasteiger partial charge >= 0.3 is 5.69 Å². The van der Waals surface area contributed by atoms with E-state index in [1.54, 1.807) is 23.6 Å². The lowest BCUT2D eigenvalue weighted by Gasteiger charge is -2.08. The monoisotopic (exact) mass is 448 g/mol. The minimum Gasteiger partial charge on any atom is -0.302 e. The molecule has 2 aromatic carbocycles. The maximum Gasteiger partial charge on any atom is 0.332 e. The zero-order valence-corrected chi connectivity index (χ0v) is 18.5. The highest BCUT2D eigenvalue weighted by atomic mass is 35.5. The van der Waals surface area contributed by atoms with Crippen molar-refractivity contribution in [2.45, 2.75) is 19.4 Å². The first-order valence-electron chi connectivity index (χ1n) is 10.3. The molecule has 162 valence electrons. The quantitative estimate of drug-likeness (QED) is 0.414. The third-order valence-corrected chi connectivity index (χ3v) is 6.02. The number of hydrogen-bond donors (Lipinski definition) is 0. The Morgan fingerprint density at radius 1 is 0.906 bits per heavy atom. The summed E-state index contributed by atoms with van der Waals surface area (Å²) in [7, 11) is 3.15. The summed E-state index contributed by atoms with van der Waals surface area (Å²) in [5.41, 5.74) is 2.17. The van der Waals surface area contributed by atoms with E-state index in [2.05, 4.69) is 22.3 Å². The Labute approximate surface area is 187 Å². The first-order chi connectivity index (χ1) is 15.5. The Hall–Kier alpha value is -3.65. The molecule has 32 heavy (non-hydrogen) atoms. The number of halogens is 1. The molecule has 0 spiro atoms. The molecule has 5 aromatic rings. The Morgan fingerprint density at radius 2 is 1.62 bits per heavy atom. The molecule has 0 aliphatic rings. The van der Waals surface area contributed by atoms with Crippen LogP contribution >= 0.6 is 11.6 Å². The van der Waals surface area contributed by atoms with Crippen molar-refractivity contribution >= 4 is 28.5 Å². The predicted octanol–water partition coefficient (Wildman–Crippen LogP) is 3.03. The summed E-state index contributed by atoms with van der Waals surface area (Å²) >= 11 is 6.05. The molecule has 0 aliphatic carbocycles. The summed E-state index contributed by atoms with van der Waals surface area (Å²) in [6, 6.07) is 17.4. The van der Waals surface area contributed by atoms with Gasteiger partial charge in [-0.25, -0.2) is 9.20 Å². The van der Waals surface area contributed by atoms with Gasteiger partial charge in [0.2, 0.25) is 5.78 Å². The molecule has 3 aromatic heterocycles. The van der Waals surface area contributed by atoms with Crippen LogP contribution in [-0.4, -0.2) is 28.3 Å². The number of fused-ring (bicyclic) bond motifs is 3. The number of rotatable bonds is 5. The van der Waals surface area contributed by atoms with Crippen molar-refractivity contribution in [3.8, 4) is 11.4 Å². The van der Waals surface area contributed by atoms with E-state index >= 15 is 0 Å². The van der Waals surface area contributed by atoms with E-state index in [0.717, 1.165) is 23.0 Å². The number of aryl methyl sites for hydroxylation is 3. The van der Waals surface area contributed by atoms with Gasteiger partial charge in [-0.2, -0.15) is 0 Å². The van der Waals surface area contributed by atoms with Crippen LogP contribution in [-0.2, 0) is 27.1 Å². The Morgan fingerprint density at radius 3 is 2.34 bits per heavy atom. The number of benzene rings is 2. The molecule has 0 unspecified atom stereocenters. The van der Waals surface area contributed by atoms with E-state index in [-0.39, 0.29) is 5.56 Å². The maximum absolute atomic E-state index is 13.2. The van der Waals surface area contributed by atoms with E-state index in [1.165, 1.54) is 17.2 Å². The molecule has 0 saturated heterocycles. The lowest BCUT2D eigenvalue weighted by atomic mass is 10.1. The van der Waals surface area contributed by atoms with Crippen LogP contribution in [0.3, 0.4) is 0 Å². The molecule has 0 amide bonds. The second kappa shape index (κ2) is 7.80. The van der Waals surface area contributed by atoms with E-state index in [9.17, 15) is 9.59 Å². The molecular weight excluding hydrogens is 428 g/mol. The molecule has 0 atom stereocenters. The van der Waals surface area contributed by atoms with Crippen molar-refractivity contribution in [2.24, 2.45) is 14.1 Å². The molecule has 0 saturated carbocycles. The van der Waals surface area contributed by atoms with Crippen molar-refractivity contribution in [1.82, 2.24) is 28.3 Å². The largest absolute Gasteiger partial charge is 0.332 e. The van der Waals surface area contributed by atoms with E-state index in [1.807, 2.05) is 34.9 Å². The van der Waals surface area contributed by atoms with Crippen molar-refractivity contribution in [3.63, 3.8) is 0 Å². The summed E-state index contributed by atoms with van der Waals surface area (Å²) in [6.07, 6.45) is 1.66. The van der Waals surface area contributed by atoms with Crippen LogP contribution < -0.4 is 11.2 Å². The lowest BCUT2D eigenvalue weighted by molar-refractivity contribution is 0.656. The first kappa shape index (κ1) is 20.3. The highest BCUT2D eigenvalue weighted by Crippen LogP contribution is 2.25. The topological polar surface area (TPSA) is 79.1 Å². The van der Waals surface area contributed by atoms with Crippen molar-refractivity contribution < 1.29 is 0 Å². The van der Waals surface area contributed by atoms with E-state index < -0.39 is 5.69 Å². The fourth-order valence-electron chi connectivity index (χ4n) is 4.14. The molecule has 8 nitrogen and oxygen atoms in total. The number of imidazole rings is 1. The van der Waals surface area contributed by atoms with Gasteiger partial charge in [0, 0.05) is 31.2 Å². The third-order valence-electron chi connectivity index (χ3n) is 5.77. The smallest absolute Gasteiger partial charge is 0.302 e. The molecule has 0 aliphatic heterocycles. The Balaban J connectivity index is 1.72. The summed E-state index contributed by atoms with van der Waals surface area (Å²) in [6.45, 7) is 0.564.